The first kappa shape index (κ1) is 38.2. The number of aliphatic carboxylic acids is 1. The van der Waals surface area contributed by atoms with Gasteiger partial charge < -0.3 is 34.4 Å². The number of ether oxygens (including phenoxy) is 3. The van der Waals surface area contributed by atoms with Crippen LogP contribution in [-0.2, 0) is 40.7 Å². The van der Waals surface area contributed by atoms with Crippen molar-refractivity contribution in [2.24, 2.45) is 0 Å². The number of benzene rings is 2. The summed E-state index contributed by atoms with van der Waals surface area (Å²) in [6.07, 6.45) is -6.50. The van der Waals surface area contributed by atoms with Crippen LogP contribution in [0.25, 0.3) is 0 Å². The van der Waals surface area contributed by atoms with Gasteiger partial charge >= 0.3 is 24.1 Å². The van der Waals surface area contributed by atoms with Crippen LogP contribution in [0.2, 0.25) is 0 Å². The van der Waals surface area contributed by atoms with Crippen molar-refractivity contribution < 1.29 is 61.9 Å². The van der Waals surface area contributed by atoms with Gasteiger partial charge in [0, 0.05) is 29.2 Å². The molecule has 0 radical (unpaired) electrons. The van der Waals surface area contributed by atoms with Crippen LogP contribution in [0.3, 0.4) is 0 Å². The Balaban J connectivity index is 0.000000818. The van der Waals surface area contributed by atoms with Crippen molar-refractivity contribution in [3.8, 4) is 5.75 Å². The number of aldehydes is 1. The number of alkyl halides is 3. The molecular weight excluding hydrogens is 639 g/mol. The number of halogens is 3. The van der Waals surface area contributed by atoms with E-state index in [1.54, 1.807) is 42.5 Å². The number of nitrogens with zero attached hydrogens (tertiary/aromatic N) is 1. The van der Waals surface area contributed by atoms with E-state index in [1.807, 2.05) is 27.0 Å². The molecular formula is C34H40F3NO10. The normalized spacial score (nSPS) is 24.8. The quantitative estimate of drug-likeness (QED) is 0.270. The van der Waals surface area contributed by atoms with Crippen LogP contribution in [0, 0.1) is 6.92 Å². The highest BCUT2D eigenvalue weighted by Crippen LogP contribution is 2.61. The number of aliphatic hydroxyl groups is 2. The average molecular weight is 680 g/mol. The fraction of sp³-hybridized carbons (Fsp3) is 0.471. The molecule has 1 spiro atoms. The summed E-state index contributed by atoms with van der Waals surface area (Å²) in [5.74, 6) is -2.20. The van der Waals surface area contributed by atoms with Gasteiger partial charge in [0.25, 0.3) is 0 Å². The maximum Gasteiger partial charge on any atom is 0.446 e. The molecule has 0 bridgehead atoms. The average Bonchev–Trinajstić information content (AvgIpc) is 3.40. The van der Waals surface area contributed by atoms with E-state index in [-0.39, 0.29) is 32.3 Å². The molecule has 3 aliphatic rings. The SMILES string of the molecule is C.Cc1ccc(CO)c2c1[C@]13CCN(C)[C@H](C)[C@]1(O)CC=C(OC(=O)[C@@H](OC(=O)CCC(=O)O)c1ccccc1)[C@@H]3O2.O=CC(F)(F)F. The van der Waals surface area contributed by atoms with Crippen LogP contribution in [0.4, 0.5) is 13.2 Å². The smallest absolute Gasteiger partial charge is 0.446 e. The van der Waals surface area contributed by atoms with Gasteiger partial charge in [0.2, 0.25) is 12.4 Å². The molecule has 2 aromatic carbocycles. The largest absolute Gasteiger partial charge is 0.481 e. The lowest BCUT2D eigenvalue weighted by Crippen LogP contribution is -2.71. The summed E-state index contributed by atoms with van der Waals surface area (Å²) in [5.41, 5.74) is 0.408. The van der Waals surface area contributed by atoms with Crippen molar-refractivity contribution in [2.45, 2.75) is 89.0 Å². The minimum atomic E-state index is -4.64. The minimum absolute atomic E-state index is 0. The van der Waals surface area contributed by atoms with Gasteiger partial charge in [-0.3, -0.25) is 14.4 Å². The van der Waals surface area contributed by atoms with Crippen LogP contribution in [0.15, 0.2) is 54.3 Å². The predicted octanol–water partition coefficient (Wildman–Crippen LogP) is 4.31. The number of rotatable bonds is 8. The van der Waals surface area contributed by atoms with E-state index in [0.717, 1.165) is 11.1 Å². The summed E-state index contributed by atoms with van der Waals surface area (Å²) in [4.78, 5) is 47.9. The van der Waals surface area contributed by atoms with Gasteiger partial charge in [-0.25, -0.2) is 4.79 Å². The Morgan fingerprint density at radius 2 is 1.79 bits per heavy atom. The number of fused-ring (bicyclic) bond motifs is 1. The third-order valence-corrected chi connectivity index (χ3v) is 9.06. The molecule has 0 saturated carbocycles. The third kappa shape index (κ3) is 7.25. The minimum Gasteiger partial charge on any atom is -0.481 e. The Labute approximate surface area is 275 Å². The molecule has 2 heterocycles. The number of carbonyl (C=O) groups is 4. The Morgan fingerprint density at radius 3 is 2.38 bits per heavy atom. The molecule has 48 heavy (non-hydrogen) atoms. The lowest BCUT2D eigenvalue weighted by Gasteiger charge is -2.58. The molecule has 14 heteroatoms. The molecule has 5 atom stereocenters. The van der Waals surface area contributed by atoms with Crippen LogP contribution < -0.4 is 4.74 Å². The first-order valence-electron chi connectivity index (χ1n) is 14.8. The van der Waals surface area contributed by atoms with Crippen molar-refractivity contribution in [1.82, 2.24) is 4.90 Å². The molecule has 1 aliphatic carbocycles. The number of carboxylic acid groups (broad SMARTS) is 1. The molecule has 3 N–H and O–H groups in total. The predicted molar refractivity (Wildman–Crippen MR) is 165 cm³/mol. The highest BCUT2D eigenvalue weighted by atomic mass is 19.4. The summed E-state index contributed by atoms with van der Waals surface area (Å²) in [5, 5.41) is 31.5. The van der Waals surface area contributed by atoms with Crippen LogP contribution in [-0.4, -0.2) is 81.9 Å². The van der Waals surface area contributed by atoms with E-state index < -0.39 is 66.4 Å². The van der Waals surface area contributed by atoms with Gasteiger partial charge in [0.1, 0.15) is 11.5 Å². The fourth-order valence-electron chi connectivity index (χ4n) is 6.65. The Morgan fingerprint density at radius 1 is 1.15 bits per heavy atom. The van der Waals surface area contributed by atoms with Gasteiger partial charge in [0.15, 0.2) is 6.10 Å². The van der Waals surface area contributed by atoms with E-state index in [2.05, 4.69) is 4.90 Å². The number of carbonyl (C=O) groups excluding carboxylic acids is 3. The first-order chi connectivity index (χ1) is 22.1. The molecule has 2 aliphatic heterocycles. The number of hydrogen-bond donors (Lipinski definition) is 3. The summed E-state index contributed by atoms with van der Waals surface area (Å²) in [6.45, 7) is 4.30. The van der Waals surface area contributed by atoms with E-state index in [0.29, 0.717) is 29.8 Å². The second kappa shape index (κ2) is 14.9. The standard InChI is InChI=1S/C31H35NO9.C2HF3O.CH4/c1-18-9-10-21(17-33)26-25(18)30-15-16-32(3)19(2)31(30,38)14-13-22(28(30)41-26)39-29(37)27(20-7-5-4-6-8-20)40-24(36)12-11-23(34)35;3-2(4,5)1-6;/h4-10,13,19,27-28,33,38H,11-12,14-17H2,1-3H3,(H,34,35);1H;1H4/t19-,27+,28+,30+,31-;;/m1../s1. The lowest BCUT2D eigenvalue weighted by atomic mass is 9.54. The number of esters is 2. The second-order valence-corrected chi connectivity index (χ2v) is 11.8. The van der Waals surface area contributed by atoms with E-state index >= 15 is 0 Å². The van der Waals surface area contributed by atoms with Crippen molar-refractivity contribution in [3.05, 3.63) is 76.6 Å². The highest BCUT2D eigenvalue weighted by Gasteiger charge is 2.69. The first-order valence-corrected chi connectivity index (χ1v) is 14.8. The van der Waals surface area contributed by atoms with Gasteiger partial charge in [-0.05, 0) is 45.5 Å². The number of aliphatic hydroxyl groups excluding tert-OH is 1. The van der Waals surface area contributed by atoms with Gasteiger partial charge in [-0.1, -0.05) is 49.9 Å². The van der Waals surface area contributed by atoms with E-state index in [9.17, 15) is 37.8 Å². The molecule has 1 saturated heterocycles. The molecule has 0 aromatic heterocycles. The molecule has 2 aromatic rings. The number of likely N-dealkylation sites (tertiary alicyclic amines) is 1. The molecule has 11 nitrogen and oxygen atoms in total. The van der Waals surface area contributed by atoms with Crippen molar-refractivity contribution in [1.29, 1.82) is 0 Å². The molecule has 262 valence electrons. The number of likely N-dealkylation sites (N-methyl/N-ethyl adjacent to an activating group) is 1. The molecule has 0 amide bonds. The molecule has 1 fully saturated rings. The van der Waals surface area contributed by atoms with E-state index in [1.165, 1.54) is 0 Å². The van der Waals surface area contributed by atoms with Gasteiger partial charge in [-0.15, -0.1) is 0 Å². The summed E-state index contributed by atoms with van der Waals surface area (Å²) in [6, 6.07) is 11.8. The zero-order valence-electron chi connectivity index (χ0n) is 26.0. The molecule has 0 unspecified atom stereocenters. The summed E-state index contributed by atoms with van der Waals surface area (Å²) < 4.78 is 49.2. The van der Waals surface area contributed by atoms with Gasteiger partial charge in [-0.2, -0.15) is 13.2 Å². The van der Waals surface area contributed by atoms with Crippen LogP contribution in [0.5, 0.6) is 5.75 Å². The number of hydrogen-bond acceptors (Lipinski definition) is 10. The maximum absolute atomic E-state index is 13.7. The zero-order chi connectivity index (χ0) is 34.7. The lowest BCUT2D eigenvalue weighted by molar-refractivity contribution is -0.173. The van der Waals surface area contributed by atoms with Gasteiger partial charge in [0.05, 0.1) is 30.5 Å². The van der Waals surface area contributed by atoms with Crippen molar-refractivity contribution >= 4 is 24.2 Å². The second-order valence-electron chi connectivity index (χ2n) is 11.8. The number of aryl methyl sites for hydroxylation is 1. The zero-order valence-corrected chi connectivity index (χ0v) is 26.0. The highest BCUT2D eigenvalue weighted by molar-refractivity contribution is 5.83. The summed E-state index contributed by atoms with van der Waals surface area (Å²) >= 11 is 0. The topological polar surface area (TPSA) is 160 Å². The Hall–Kier alpha value is -4.27. The summed E-state index contributed by atoms with van der Waals surface area (Å²) in [7, 11) is 1.96. The fourth-order valence-corrected chi connectivity index (χ4v) is 6.65. The third-order valence-electron chi connectivity index (χ3n) is 9.06. The Kier molecular flexibility index (Phi) is 11.8. The van der Waals surface area contributed by atoms with E-state index in [4.69, 9.17) is 24.1 Å². The Bertz CT molecular complexity index is 1550. The van der Waals surface area contributed by atoms with Crippen molar-refractivity contribution in [3.63, 3.8) is 0 Å². The van der Waals surface area contributed by atoms with Crippen molar-refractivity contribution in [2.75, 3.05) is 13.6 Å². The monoisotopic (exact) mass is 679 g/mol. The van der Waals surface area contributed by atoms with Crippen LogP contribution in [0.1, 0.15) is 68.4 Å². The number of carboxylic acids is 1. The number of piperidine rings is 1. The van der Waals surface area contributed by atoms with Crippen LogP contribution >= 0.6 is 0 Å². The maximum atomic E-state index is 13.7. The molecule has 5 rings (SSSR count).